The molecule has 0 aliphatic heterocycles. The minimum Gasteiger partial charge on any atom is -0.324 e. The number of nitrogens with zero attached hydrogens (tertiary/aromatic N) is 2. The van der Waals surface area contributed by atoms with Crippen LogP contribution in [0.4, 0.5) is 5.69 Å². The van der Waals surface area contributed by atoms with Crippen LogP contribution in [0.3, 0.4) is 0 Å². The molecule has 23 heavy (non-hydrogen) atoms. The van der Waals surface area contributed by atoms with Crippen LogP contribution in [0.25, 0.3) is 10.8 Å². The molecule has 1 atom stereocenters. The van der Waals surface area contributed by atoms with E-state index in [9.17, 15) is 9.59 Å². The van der Waals surface area contributed by atoms with E-state index in [0.29, 0.717) is 16.1 Å². The van der Waals surface area contributed by atoms with Crippen molar-refractivity contribution in [3.63, 3.8) is 0 Å². The molecule has 0 radical (unpaired) electrons. The number of carbonyl (C=O) groups excluding carboxylic acids is 1. The quantitative estimate of drug-likeness (QED) is 0.803. The Morgan fingerprint density at radius 3 is 2.78 bits per heavy atom. The third kappa shape index (κ3) is 3.10. The number of amides is 1. The van der Waals surface area contributed by atoms with Crippen molar-refractivity contribution in [2.75, 3.05) is 5.32 Å². The lowest BCUT2D eigenvalue weighted by Crippen LogP contribution is -2.33. The molecule has 0 fully saturated rings. The molecule has 0 saturated heterocycles. The first-order valence-corrected chi connectivity index (χ1v) is 7.47. The summed E-state index contributed by atoms with van der Waals surface area (Å²) in [6.45, 7) is 1.63. The summed E-state index contributed by atoms with van der Waals surface area (Å²) in [6.07, 6.45) is 1.58. The second-order valence-electron chi connectivity index (χ2n) is 5.16. The lowest BCUT2D eigenvalue weighted by Gasteiger charge is -2.14. The minimum absolute atomic E-state index is 0.295. The lowest BCUT2D eigenvalue weighted by atomic mass is 10.2. The molecular formula is C17H14ClN3O2. The van der Waals surface area contributed by atoms with Crippen LogP contribution in [0.15, 0.2) is 59.5 Å². The number of fused-ring (bicyclic) bond motifs is 1. The van der Waals surface area contributed by atoms with Gasteiger partial charge in [-0.3, -0.25) is 9.59 Å². The van der Waals surface area contributed by atoms with E-state index < -0.39 is 6.04 Å². The fourth-order valence-electron chi connectivity index (χ4n) is 2.30. The van der Waals surface area contributed by atoms with E-state index >= 15 is 0 Å². The van der Waals surface area contributed by atoms with Crippen molar-refractivity contribution < 1.29 is 4.79 Å². The third-order valence-corrected chi connectivity index (χ3v) is 3.79. The summed E-state index contributed by atoms with van der Waals surface area (Å²) in [6, 6.07) is 13.2. The van der Waals surface area contributed by atoms with E-state index in [1.54, 1.807) is 49.5 Å². The number of halogens is 1. The predicted molar refractivity (Wildman–Crippen MR) is 90.8 cm³/mol. The molecule has 0 spiro atoms. The Hall–Kier alpha value is -2.66. The first-order valence-electron chi connectivity index (χ1n) is 7.09. The largest absolute Gasteiger partial charge is 0.324 e. The van der Waals surface area contributed by atoms with Crippen molar-refractivity contribution in [2.45, 2.75) is 13.0 Å². The molecule has 1 aromatic heterocycles. The van der Waals surface area contributed by atoms with Gasteiger partial charge in [-0.25, -0.2) is 4.68 Å². The van der Waals surface area contributed by atoms with Crippen LogP contribution in [-0.2, 0) is 4.79 Å². The SMILES string of the molecule is C[C@H](C(=O)Nc1cccc(Cl)c1)n1ncc2ccccc2c1=O. The Morgan fingerprint density at radius 1 is 1.22 bits per heavy atom. The van der Waals surface area contributed by atoms with Gasteiger partial charge in [0.1, 0.15) is 6.04 Å². The molecule has 5 nitrogen and oxygen atoms in total. The lowest BCUT2D eigenvalue weighted by molar-refractivity contribution is -0.119. The summed E-state index contributed by atoms with van der Waals surface area (Å²) in [5, 5.41) is 8.64. The van der Waals surface area contributed by atoms with Gasteiger partial charge in [0.15, 0.2) is 0 Å². The van der Waals surface area contributed by atoms with Crippen LogP contribution < -0.4 is 10.9 Å². The van der Waals surface area contributed by atoms with E-state index in [-0.39, 0.29) is 11.5 Å². The number of hydrogen-bond acceptors (Lipinski definition) is 3. The summed E-state index contributed by atoms with van der Waals surface area (Å²) in [5.74, 6) is -0.336. The van der Waals surface area contributed by atoms with E-state index in [1.165, 1.54) is 4.68 Å². The van der Waals surface area contributed by atoms with Crippen molar-refractivity contribution in [3.8, 4) is 0 Å². The second kappa shape index (κ2) is 6.22. The van der Waals surface area contributed by atoms with E-state index in [2.05, 4.69) is 10.4 Å². The average Bonchev–Trinajstić information content (AvgIpc) is 2.55. The average molecular weight is 328 g/mol. The van der Waals surface area contributed by atoms with E-state index in [4.69, 9.17) is 11.6 Å². The van der Waals surface area contributed by atoms with Gasteiger partial charge in [0.25, 0.3) is 5.56 Å². The van der Waals surface area contributed by atoms with Gasteiger partial charge >= 0.3 is 0 Å². The summed E-state index contributed by atoms with van der Waals surface area (Å²) < 4.78 is 1.18. The number of carbonyl (C=O) groups is 1. The number of hydrogen-bond donors (Lipinski definition) is 1. The molecule has 116 valence electrons. The Bertz CT molecular complexity index is 936. The molecule has 3 aromatic rings. The van der Waals surface area contributed by atoms with Crippen LogP contribution in [-0.4, -0.2) is 15.7 Å². The van der Waals surface area contributed by atoms with Crippen molar-refractivity contribution >= 4 is 34.0 Å². The maximum atomic E-state index is 12.5. The van der Waals surface area contributed by atoms with E-state index in [0.717, 1.165) is 5.39 Å². The molecule has 1 amide bonds. The number of nitrogens with one attached hydrogen (secondary N) is 1. The Kier molecular flexibility index (Phi) is 4.12. The molecule has 0 aliphatic rings. The maximum Gasteiger partial charge on any atom is 0.275 e. The fourth-order valence-corrected chi connectivity index (χ4v) is 2.49. The van der Waals surface area contributed by atoms with Gasteiger partial charge in [-0.2, -0.15) is 5.10 Å². The van der Waals surface area contributed by atoms with Gasteiger partial charge in [-0.15, -0.1) is 0 Å². The number of benzene rings is 2. The van der Waals surface area contributed by atoms with Crippen LogP contribution in [0.1, 0.15) is 13.0 Å². The topological polar surface area (TPSA) is 64.0 Å². The van der Waals surface area contributed by atoms with Crippen LogP contribution in [0.2, 0.25) is 5.02 Å². The second-order valence-corrected chi connectivity index (χ2v) is 5.59. The Balaban J connectivity index is 1.90. The fraction of sp³-hybridized carbons (Fsp3) is 0.118. The Morgan fingerprint density at radius 2 is 2.00 bits per heavy atom. The summed E-state index contributed by atoms with van der Waals surface area (Å²) in [4.78, 5) is 24.8. The van der Waals surface area contributed by atoms with Crippen molar-refractivity contribution in [1.82, 2.24) is 9.78 Å². The first-order chi connectivity index (χ1) is 11.1. The normalized spacial score (nSPS) is 12.1. The smallest absolute Gasteiger partial charge is 0.275 e. The molecule has 0 saturated carbocycles. The van der Waals surface area contributed by atoms with Gasteiger partial charge in [0, 0.05) is 16.1 Å². The molecule has 2 aromatic carbocycles. The highest BCUT2D eigenvalue weighted by Crippen LogP contribution is 2.16. The zero-order chi connectivity index (χ0) is 16.4. The van der Waals surface area contributed by atoms with E-state index in [1.807, 2.05) is 12.1 Å². The summed E-state index contributed by atoms with van der Waals surface area (Å²) in [5.41, 5.74) is 0.278. The molecule has 0 bridgehead atoms. The number of anilines is 1. The van der Waals surface area contributed by atoms with Crippen LogP contribution in [0.5, 0.6) is 0 Å². The summed E-state index contributed by atoms with van der Waals surface area (Å²) >= 11 is 5.90. The molecule has 6 heteroatoms. The molecule has 3 rings (SSSR count). The van der Waals surface area contributed by atoms with Gasteiger partial charge < -0.3 is 5.32 Å². The molecular weight excluding hydrogens is 314 g/mol. The number of aromatic nitrogens is 2. The van der Waals surface area contributed by atoms with Gasteiger partial charge in [0.05, 0.1) is 11.6 Å². The van der Waals surface area contributed by atoms with Gasteiger partial charge in [-0.1, -0.05) is 35.9 Å². The standard InChI is InChI=1S/C17H14ClN3O2/c1-11(16(22)20-14-7-4-6-13(18)9-14)21-17(23)15-8-3-2-5-12(15)10-19-21/h2-11H,1H3,(H,20,22)/t11-/m1/s1. The summed E-state index contributed by atoms with van der Waals surface area (Å²) in [7, 11) is 0. The molecule has 1 N–H and O–H groups in total. The monoisotopic (exact) mass is 327 g/mol. The van der Waals surface area contributed by atoms with Gasteiger partial charge in [0.2, 0.25) is 5.91 Å². The van der Waals surface area contributed by atoms with Crippen LogP contribution in [0, 0.1) is 0 Å². The van der Waals surface area contributed by atoms with Gasteiger partial charge in [-0.05, 0) is 31.2 Å². The number of rotatable bonds is 3. The van der Waals surface area contributed by atoms with Crippen molar-refractivity contribution in [3.05, 3.63) is 70.1 Å². The first kappa shape index (κ1) is 15.2. The highest BCUT2D eigenvalue weighted by atomic mass is 35.5. The molecule has 0 unspecified atom stereocenters. The Labute approximate surface area is 137 Å². The molecule has 0 aliphatic carbocycles. The molecule has 1 heterocycles. The third-order valence-electron chi connectivity index (χ3n) is 3.56. The van der Waals surface area contributed by atoms with Crippen LogP contribution >= 0.6 is 11.6 Å². The zero-order valence-electron chi connectivity index (χ0n) is 12.4. The zero-order valence-corrected chi connectivity index (χ0v) is 13.1. The highest BCUT2D eigenvalue weighted by Gasteiger charge is 2.18. The predicted octanol–water partition coefficient (Wildman–Crippen LogP) is 3.25. The van der Waals surface area contributed by atoms with Crippen molar-refractivity contribution in [2.24, 2.45) is 0 Å². The van der Waals surface area contributed by atoms with Crippen molar-refractivity contribution in [1.29, 1.82) is 0 Å². The minimum atomic E-state index is -0.744. The maximum absolute atomic E-state index is 12.5. The highest BCUT2D eigenvalue weighted by molar-refractivity contribution is 6.30.